The maximum absolute atomic E-state index is 2.53. The molecule has 0 fully saturated rings. The van der Waals surface area contributed by atoms with Crippen molar-refractivity contribution in [3.63, 3.8) is 0 Å². The van der Waals surface area contributed by atoms with Crippen LogP contribution >= 0.6 is 0 Å². The second kappa shape index (κ2) is 6.97. The Morgan fingerprint density at radius 1 is 0.600 bits per heavy atom. The predicted molar refractivity (Wildman–Crippen MR) is 76.6 cm³/mol. The van der Waals surface area contributed by atoms with Crippen LogP contribution in [0, 0.1) is 0 Å². The molecule has 0 heterocycles. The molecular weight excluding hydrogens is 247 g/mol. The fourth-order valence-corrected chi connectivity index (χ4v) is 4.66. The van der Waals surface area contributed by atoms with Gasteiger partial charge in [-0.3, -0.25) is 0 Å². The molecule has 0 unspecified atom stereocenters. The van der Waals surface area contributed by atoms with Gasteiger partial charge in [-0.1, -0.05) is 0 Å². The summed E-state index contributed by atoms with van der Waals surface area (Å²) in [5, 5.41) is 1.52. The molecule has 0 bridgehead atoms. The van der Waals surface area contributed by atoms with Gasteiger partial charge in [0.05, 0.1) is 0 Å². The summed E-state index contributed by atoms with van der Waals surface area (Å²) < 4.78 is 0. The molecule has 0 saturated heterocycles. The van der Waals surface area contributed by atoms with E-state index in [2.05, 4.69) is 30.2 Å². The Labute approximate surface area is 98.8 Å². The number of unbranched alkanes of at least 4 members (excludes halogenated alkanes) is 7. The first kappa shape index (κ1) is 15.5. The van der Waals surface area contributed by atoms with E-state index in [1.807, 2.05) is 0 Å². The minimum atomic E-state index is -1.56. The summed E-state index contributed by atoms with van der Waals surface area (Å²) in [4.78, 5) is 0. The zero-order valence-corrected chi connectivity index (χ0v) is 13.5. The number of rotatable bonds is 9. The molecule has 0 saturated carbocycles. The molecule has 1 heteroatoms. The van der Waals surface area contributed by atoms with E-state index in [1.54, 1.807) is 0 Å². The summed E-state index contributed by atoms with van der Waals surface area (Å²) in [5.74, 6) is 10.1. The average Bonchev–Trinajstić information content (AvgIpc) is 2.07. The molecule has 0 amide bonds. The first-order valence-corrected chi connectivity index (χ1v) is 14.7. The third kappa shape index (κ3) is 14.5. The van der Waals surface area contributed by atoms with Crippen molar-refractivity contribution in [2.45, 2.75) is 86.9 Å². The molecule has 95 valence electrons. The summed E-state index contributed by atoms with van der Waals surface area (Å²) in [6.45, 7) is 2.29. The summed E-state index contributed by atoms with van der Waals surface area (Å²) in [6.07, 6.45) is 11.6. The van der Waals surface area contributed by atoms with Crippen LogP contribution in [0.2, 0.25) is 28.6 Å². The Morgan fingerprint density at radius 2 is 1.00 bits per heavy atom. The first-order chi connectivity index (χ1) is 6.81. The van der Waals surface area contributed by atoms with E-state index in [9.17, 15) is 0 Å². The van der Waals surface area contributed by atoms with Crippen LogP contribution < -0.4 is 0 Å². The van der Waals surface area contributed by atoms with Crippen molar-refractivity contribution in [1.29, 1.82) is 0 Å². The van der Waals surface area contributed by atoms with Crippen LogP contribution in [0.15, 0.2) is 0 Å². The molecule has 0 aromatic rings. The van der Waals surface area contributed by atoms with E-state index in [-0.39, 0.29) is 0 Å². The third-order valence-electron chi connectivity index (χ3n) is 2.81. The van der Waals surface area contributed by atoms with E-state index >= 15 is 0 Å². The van der Waals surface area contributed by atoms with Gasteiger partial charge in [0, 0.05) is 0 Å². The van der Waals surface area contributed by atoms with Crippen molar-refractivity contribution >= 4 is 11.8 Å². The van der Waals surface area contributed by atoms with Crippen LogP contribution in [-0.2, 0) is 0 Å². The van der Waals surface area contributed by atoms with Gasteiger partial charge in [0.15, 0.2) is 0 Å². The third-order valence-corrected chi connectivity index (χ3v) is 6.85. The zero-order chi connectivity index (χ0) is 11.8. The topological polar surface area (TPSA) is 0 Å². The Morgan fingerprint density at radius 3 is 1.40 bits per heavy atom. The van der Waals surface area contributed by atoms with Gasteiger partial charge in [-0.15, -0.1) is 0 Å². The number of hydrogen-bond acceptors (Lipinski definition) is 0. The molecule has 0 rings (SSSR count). The van der Waals surface area contributed by atoms with Gasteiger partial charge in [0.25, 0.3) is 0 Å². The summed E-state index contributed by atoms with van der Waals surface area (Å²) in [5.41, 5.74) is 0. The molecule has 0 atom stereocenters. The van der Waals surface area contributed by atoms with Gasteiger partial charge >= 0.3 is 98.7 Å². The maximum atomic E-state index is 2.53. The monoisotopic (exact) mass is 281 g/mol. The van der Waals surface area contributed by atoms with Crippen LogP contribution in [0.25, 0.3) is 0 Å². The van der Waals surface area contributed by atoms with Crippen molar-refractivity contribution in [3.05, 3.63) is 0 Å². The molecule has 0 nitrogen and oxygen atoms in total. The van der Waals surface area contributed by atoms with Gasteiger partial charge in [0.1, 0.15) is 0 Å². The molecule has 0 aliphatic carbocycles. The minimum absolute atomic E-state index is 1.37. The quantitative estimate of drug-likeness (QED) is 0.356. The fraction of sp³-hybridized carbons (Fsp3) is 1.00. The van der Waals surface area contributed by atoms with Crippen molar-refractivity contribution in [2.75, 3.05) is 0 Å². The predicted octanol–water partition coefficient (Wildman–Crippen LogP) is 6.05. The fourth-order valence-electron chi connectivity index (χ4n) is 1.81. The Kier molecular flexibility index (Phi) is 7.21. The van der Waals surface area contributed by atoms with Crippen molar-refractivity contribution in [1.82, 2.24) is 0 Å². The van der Waals surface area contributed by atoms with Crippen LogP contribution in [0.3, 0.4) is 0 Å². The van der Waals surface area contributed by atoms with Gasteiger partial charge in [-0.2, -0.15) is 0 Å². The normalized spacial score (nSPS) is 14.9. The molecule has 1 radical (unpaired) electrons. The summed E-state index contributed by atoms with van der Waals surface area (Å²) in [6, 6.07) is 0. The van der Waals surface area contributed by atoms with E-state index in [0.717, 1.165) is 0 Å². The summed E-state index contributed by atoms with van der Waals surface area (Å²) in [7, 11) is 0. The molecule has 0 aliphatic heterocycles. The number of hydrogen-bond donors (Lipinski definition) is 0. The van der Waals surface area contributed by atoms with E-state index in [1.165, 1.54) is 56.7 Å². The molecule has 0 aromatic heterocycles. The molecule has 0 aromatic carbocycles. The molecule has 0 aliphatic rings. The second-order valence-corrected chi connectivity index (χ2v) is 22.8. The second-order valence-electron chi connectivity index (χ2n) is 6.78. The van der Waals surface area contributed by atoms with Crippen molar-refractivity contribution < 1.29 is 0 Å². The van der Waals surface area contributed by atoms with Crippen LogP contribution in [0.4, 0.5) is 0 Å². The van der Waals surface area contributed by atoms with Crippen molar-refractivity contribution in [2.24, 2.45) is 0 Å². The van der Waals surface area contributed by atoms with Crippen LogP contribution in [-0.4, -0.2) is 11.8 Å². The van der Waals surface area contributed by atoms with Crippen LogP contribution in [0.5, 0.6) is 0 Å². The van der Waals surface area contributed by atoms with E-state index < -0.39 is 11.8 Å². The SMILES string of the molecule is CCCCCCCCCC[Se](C)(C)(C)C. The van der Waals surface area contributed by atoms with Gasteiger partial charge in [-0.25, -0.2) is 0 Å². The van der Waals surface area contributed by atoms with Crippen LogP contribution in [0.1, 0.15) is 58.3 Å². The molecule has 15 heavy (non-hydrogen) atoms. The Hall–Kier alpha value is 0.519. The molecule has 0 spiro atoms. The van der Waals surface area contributed by atoms with Crippen molar-refractivity contribution in [3.8, 4) is 0 Å². The van der Waals surface area contributed by atoms with Gasteiger partial charge < -0.3 is 0 Å². The Bertz CT molecular complexity index is 143. The van der Waals surface area contributed by atoms with E-state index in [0.29, 0.717) is 0 Å². The van der Waals surface area contributed by atoms with Gasteiger partial charge in [0.2, 0.25) is 0 Å². The van der Waals surface area contributed by atoms with E-state index in [4.69, 9.17) is 0 Å². The van der Waals surface area contributed by atoms with Gasteiger partial charge in [-0.05, 0) is 0 Å². The first-order valence-electron chi connectivity index (χ1n) is 6.63. The molecular formula is C14H33Se. The zero-order valence-electron chi connectivity index (χ0n) is 11.8. The standard InChI is InChI=1S/C14H33Se/c1-6-7-8-9-10-11-12-13-14-15(2,3,4)5/h6-14H2,1-5H3. The summed E-state index contributed by atoms with van der Waals surface area (Å²) >= 11 is -1.56. The molecule has 0 N–H and O–H groups in total. The Balaban J connectivity index is 3.19. The average molecular weight is 280 g/mol.